The Labute approximate surface area is 405 Å². The van der Waals surface area contributed by atoms with Crippen molar-refractivity contribution in [2.45, 2.75) is 232 Å². The standard InChI is InChI=1S/C33H48.C31H44O2/c1-5-8-10-12-14-16-23-33(24-17-15-13-11-9-6-2)31-25-27(4)19-21-29(31)30-22-20-28(18-7-3)26-32(30)33;1-4-6-8-10-12-14-20-31(21-15-13-11-9-7-5-2)29-22-25(24-32)16-18-27(29)28-19-17-26(33-3)23-30(28)31/h7,18-22,25-26H,5-6,8-17,23-24H2,1-4H3;16-19,22-24H,4-15,20-21H2,1-3H3/b18-7+;. The molecule has 0 N–H and O–H groups in total. The summed E-state index contributed by atoms with van der Waals surface area (Å²) < 4.78 is 5.66. The molecule has 0 heterocycles. The van der Waals surface area contributed by atoms with Gasteiger partial charge in [-0.25, -0.2) is 0 Å². The van der Waals surface area contributed by atoms with Crippen molar-refractivity contribution in [1.82, 2.24) is 0 Å². The van der Waals surface area contributed by atoms with Gasteiger partial charge in [-0.3, -0.25) is 4.79 Å². The Bertz CT molecular complexity index is 2030. The summed E-state index contributed by atoms with van der Waals surface area (Å²) in [6.45, 7) is 13.6. The number of aldehydes is 1. The molecular weight excluding hydrogens is 801 g/mol. The van der Waals surface area contributed by atoms with Gasteiger partial charge < -0.3 is 4.74 Å². The number of fused-ring (bicyclic) bond motifs is 6. The Morgan fingerprint density at radius 3 is 1.18 bits per heavy atom. The van der Waals surface area contributed by atoms with Crippen molar-refractivity contribution < 1.29 is 9.53 Å². The van der Waals surface area contributed by atoms with Crippen molar-refractivity contribution in [2.24, 2.45) is 0 Å². The molecule has 2 aliphatic rings. The fraction of sp³-hybridized carbons (Fsp3) is 0.578. The predicted molar refractivity (Wildman–Crippen MR) is 289 cm³/mol. The molecule has 0 atom stereocenters. The quantitative estimate of drug-likeness (QED) is 0.0372. The molecule has 2 aliphatic carbocycles. The van der Waals surface area contributed by atoms with E-state index in [0.29, 0.717) is 0 Å². The van der Waals surface area contributed by atoms with Crippen LogP contribution in [-0.4, -0.2) is 13.4 Å². The highest BCUT2D eigenvalue weighted by Crippen LogP contribution is 2.56. The molecule has 2 nitrogen and oxygen atoms in total. The third-order valence-corrected chi connectivity index (χ3v) is 15.5. The molecule has 0 saturated carbocycles. The van der Waals surface area contributed by atoms with Crippen LogP contribution < -0.4 is 4.74 Å². The summed E-state index contributed by atoms with van der Waals surface area (Å²) in [6.07, 6.45) is 42.5. The van der Waals surface area contributed by atoms with E-state index in [9.17, 15) is 4.79 Å². The molecule has 4 aromatic carbocycles. The number of ether oxygens (including phenoxy) is 1. The molecule has 0 aromatic heterocycles. The van der Waals surface area contributed by atoms with Crippen molar-refractivity contribution >= 4 is 12.4 Å². The van der Waals surface area contributed by atoms with Crippen LogP contribution in [0.1, 0.15) is 258 Å². The van der Waals surface area contributed by atoms with E-state index in [-0.39, 0.29) is 10.8 Å². The summed E-state index contributed by atoms with van der Waals surface area (Å²) in [4.78, 5) is 11.7. The van der Waals surface area contributed by atoms with Crippen molar-refractivity contribution in [2.75, 3.05) is 7.11 Å². The molecular formula is C64H92O2. The highest BCUT2D eigenvalue weighted by Gasteiger charge is 2.44. The minimum Gasteiger partial charge on any atom is -0.497 e. The second kappa shape index (κ2) is 28.4. The molecule has 0 amide bonds. The molecule has 360 valence electrons. The van der Waals surface area contributed by atoms with Crippen LogP contribution in [0.4, 0.5) is 0 Å². The average Bonchev–Trinajstić information content (AvgIpc) is 3.75. The maximum Gasteiger partial charge on any atom is 0.150 e. The van der Waals surface area contributed by atoms with E-state index in [1.54, 1.807) is 18.2 Å². The largest absolute Gasteiger partial charge is 0.497 e. The van der Waals surface area contributed by atoms with Crippen LogP contribution in [0.3, 0.4) is 0 Å². The van der Waals surface area contributed by atoms with Crippen molar-refractivity contribution in [1.29, 1.82) is 0 Å². The first kappa shape index (κ1) is 53.1. The number of hydrogen-bond donors (Lipinski definition) is 0. The molecule has 0 radical (unpaired) electrons. The molecule has 0 unspecified atom stereocenters. The van der Waals surface area contributed by atoms with Gasteiger partial charge in [-0.15, -0.1) is 0 Å². The zero-order chi connectivity index (χ0) is 47.0. The average molecular weight is 893 g/mol. The van der Waals surface area contributed by atoms with E-state index in [2.05, 4.69) is 120 Å². The van der Waals surface area contributed by atoms with Gasteiger partial charge in [0.2, 0.25) is 0 Å². The lowest BCUT2D eigenvalue weighted by atomic mass is 9.70. The fourth-order valence-electron chi connectivity index (χ4n) is 11.8. The first-order valence-electron chi connectivity index (χ1n) is 27.5. The second-order valence-electron chi connectivity index (χ2n) is 20.4. The third-order valence-electron chi connectivity index (χ3n) is 15.5. The Morgan fingerprint density at radius 1 is 0.424 bits per heavy atom. The zero-order valence-corrected chi connectivity index (χ0v) is 43.3. The monoisotopic (exact) mass is 893 g/mol. The summed E-state index contributed by atoms with van der Waals surface area (Å²) in [5.74, 6) is 0.937. The number of methoxy groups -OCH3 is 1. The summed E-state index contributed by atoms with van der Waals surface area (Å²) in [5, 5.41) is 0. The Balaban J connectivity index is 0.000000247. The van der Waals surface area contributed by atoms with Gasteiger partial charge in [0, 0.05) is 16.4 Å². The van der Waals surface area contributed by atoms with Crippen molar-refractivity contribution in [3.8, 4) is 28.0 Å². The normalized spacial score (nSPS) is 13.8. The van der Waals surface area contributed by atoms with E-state index in [1.807, 2.05) is 6.07 Å². The number of aryl methyl sites for hydroxylation is 1. The van der Waals surface area contributed by atoms with Crippen LogP contribution in [0.25, 0.3) is 28.3 Å². The number of allylic oxidation sites excluding steroid dienone is 1. The van der Waals surface area contributed by atoms with Gasteiger partial charge in [-0.1, -0.05) is 254 Å². The topological polar surface area (TPSA) is 26.3 Å². The van der Waals surface area contributed by atoms with Gasteiger partial charge >= 0.3 is 0 Å². The molecule has 66 heavy (non-hydrogen) atoms. The molecule has 6 rings (SSSR count). The molecule has 4 aromatic rings. The lowest BCUT2D eigenvalue weighted by Gasteiger charge is -2.33. The molecule has 0 bridgehead atoms. The number of carbonyl (C=O) groups is 1. The molecule has 0 saturated heterocycles. The molecule has 0 fully saturated rings. The van der Waals surface area contributed by atoms with E-state index < -0.39 is 0 Å². The van der Waals surface area contributed by atoms with Crippen molar-refractivity contribution in [3.05, 3.63) is 118 Å². The Hall–Kier alpha value is -3.91. The Kier molecular flexibility index (Phi) is 22.8. The SMILES string of the molecule is C/C=C/c1ccc2c(c1)C(CCCCCCCC)(CCCCCCCC)c1cc(C)ccc1-2.CCCCCCCCC1(CCCCCCCC)c2cc(C=O)ccc2-c2ccc(OC)cc21. The summed E-state index contributed by atoms with van der Waals surface area (Å²) in [7, 11) is 1.76. The van der Waals surface area contributed by atoms with E-state index in [1.165, 1.54) is 211 Å². The number of benzene rings is 4. The van der Waals surface area contributed by atoms with E-state index in [0.717, 1.165) is 30.4 Å². The van der Waals surface area contributed by atoms with Gasteiger partial charge in [-0.05, 0) is 108 Å². The van der Waals surface area contributed by atoms with E-state index in [4.69, 9.17) is 4.74 Å². The second-order valence-corrected chi connectivity index (χ2v) is 20.4. The smallest absolute Gasteiger partial charge is 0.150 e. The van der Waals surface area contributed by atoms with E-state index >= 15 is 0 Å². The Morgan fingerprint density at radius 2 is 0.773 bits per heavy atom. The number of unbranched alkanes of at least 4 members (excludes halogenated alkanes) is 20. The molecule has 2 heteroatoms. The molecule has 0 spiro atoms. The highest BCUT2D eigenvalue weighted by molar-refractivity contribution is 5.86. The minimum atomic E-state index is -0.00621. The van der Waals surface area contributed by atoms with Crippen LogP contribution in [0.5, 0.6) is 5.75 Å². The first-order chi connectivity index (χ1) is 32.4. The van der Waals surface area contributed by atoms with Crippen LogP contribution >= 0.6 is 0 Å². The fourth-order valence-corrected chi connectivity index (χ4v) is 11.8. The number of carbonyl (C=O) groups excluding carboxylic acids is 1. The van der Waals surface area contributed by atoms with Gasteiger partial charge in [0.1, 0.15) is 12.0 Å². The van der Waals surface area contributed by atoms with Crippen LogP contribution in [0, 0.1) is 6.92 Å². The van der Waals surface area contributed by atoms with Gasteiger partial charge in [-0.2, -0.15) is 0 Å². The summed E-state index contributed by atoms with van der Waals surface area (Å²) in [6, 6.07) is 27.4. The lowest BCUT2D eigenvalue weighted by molar-refractivity contribution is 0.112. The summed E-state index contributed by atoms with van der Waals surface area (Å²) in [5.41, 5.74) is 15.4. The van der Waals surface area contributed by atoms with Crippen LogP contribution in [0.15, 0.2) is 78.9 Å². The number of rotatable bonds is 31. The van der Waals surface area contributed by atoms with Gasteiger partial charge in [0.25, 0.3) is 0 Å². The molecule has 0 aliphatic heterocycles. The maximum atomic E-state index is 11.7. The van der Waals surface area contributed by atoms with Crippen LogP contribution in [0.2, 0.25) is 0 Å². The van der Waals surface area contributed by atoms with Gasteiger partial charge in [0.05, 0.1) is 7.11 Å². The first-order valence-corrected chi connectivity index (χ1v) is 27.5. The maximum absolute atomic E-state index is 11.7. The zero-order valence-electron chi connectivity index (χ0n) is 43.3. The summed E-state index contributed by atoms with van der Waals surface area (Å²) >= 11 is 0. The number of hydrogen-bond acceptors (Lipinski definition) is 2. The van der Waals surface area contributed by atoms with Gasteiger partial charge in [0.15, 0.2) is 0 Å². The highest BCUT2D eigenvalue weighted by atomic mass is 16.5. The lowest BCUT2D eigenvalue weighted by Crippen LogP contribution is -2.25. The van der Waals surface area contributed by atoms with Crippen LogP contribution in [-0.2, 0) is 10.8 Å². The third kappa shape index (κ3) is 13.8. The predicted octanol–water partition coefficient (Wildman–Crippen LogP) is 20.1. The van der Waals surface area contributed by atoms with Crippen molar-refractivity contribution in [3.63, 3.8) is 0 Å². The minimum absolute atomic E-state index is 0.00621.